The fourth-order valence-corrected chi connectivity index (χ4v) is 3.69. The second-order valence-electron chi connectivity index (χ2n) is 7.24. The molecule has 1 aliphatic heterocycles. The molecular formula is C19H28N2O2. The molecule has 1 saturated carbocycles. The van der Waals surface area contributed by atoms with Crippen LogP contribution >= 0.6 is 0 Å². The number of likely N-dealkylation sites (N-methyl/N-ethyl adjacent to an activating group) is 1. The summed E-state index contributed by atoms with van der Waals surface area (Å²) in [6, 6.07) is 2.70. The molecule has 126 valence electrons. The highest BCUT2D eigenvalue weighted by Gasteiger charge is 2.37. The molecular weight excluding hydrogens is 288 g/mol. The van der Waals surface area contributed by atoms with Crippen molar-refractivity contribution in [2.75, 3.05) is 20.2 Å². The standard InChI is InChI=1S/C19H28N2O2/c1-14(22)5-3-6-15-10-19(15)16-9-18(12-20-11-16)23-13-17-7-4-8-21(17)2/h9,11-12,15,17,19H,3-8,10,13H2,1-2H3/t15-,17-,19-/m0/s1. The van der Waals surface area contributed by atoms with Crippen LogP contribution in [0.1, 0.15) is 56.9 Å². The molecule has 0 aromatic carbocycles. The van der Waals surface area contributed by atoms with Crippen molar-refractivity contribution in [3.05, 3.63) is 24.0 Å². The predicted octanol–water partition coefficient (Wildman–Crippen LogP) is 3.42. The molecule has 0 radical (unpaired) electrons. The topological polar surface area (TPSA) is 42.4 Å². The molecule has 3 rings (SSSR count). The highest BCUT2D eigenvalue weighted by Crippen LogP contribution is 2.50. The van der Waals surface area contributed by atoms with Crippen LogP contribution in [0, 0.1) is 5.92 Å². The number of hydrogen-bond donors (Lipinski definition) is 0. The molecule has 2 heterocycles. The second-order valence-corrected chi connectivity index (χ2v) is 7.24. The van der Waals surface area contributed by atoms with E-state index in [0.29, 0.717) is 17.7 Å². The molecule has 0 amide bonds. The van der Waals surface area contributed by atoms with Crippen molar-refractivity contribution < 1.29 is 9.53 Å². The van der Waals surface area contributed by atoms with Crippen LogP contribution in [0.2, 0.25) is 0 Å². The first-order chi connectivity index (χ1) is 11.1. The van der Waals surface area contributed by atoms with Crippen molar-refractivity contribution in [3.8, 4) is 5.75 Å². The molecule has 0 N–H and O–H groups in total. The van der Waals surface area contributed by atoms with Gasteiger partial charge >= 0.3 is 0 Å². The Kier molecular flexibility index (Phi) is 5.31. The van der Waals surface area contributed by atoms with Crippen molar-refractivity contribution >= 4 is 5.78 Å². The van der Waals surface area contributed by atoms with E-state index in [1.807, 2.05) is 12.4 Å². The van der Waals surface area contributed by atoms with E-state index in [0.717, 1.165) is 37.5 Å². The van der Waals surface area contributed by atoms with Crippen LogP contribution in [-0.2, 0) is 4.79 Å². The molecule has 1 aromatic rings. The van der Waals surface area contributed by atoms with Crippen LogP contribution in [0.25, 0.3) is 0 Å². The normalized spacial score (nSPS) is 27.1. The maximum Gasteiger partial charge on any atom is 0.137 e. The van der Waals surface area contributed by atoms with E-state index >= 15 is 0 Å². The molecule has 4 nitrogen and oxygen atoms in total. The first-order valence-electron chi connectivity index (χ1n) is 8.91. The summed E-state index contributed by atoms with van der Waals surface area (Å²) in [5.41, 5.74) is 1.30. The minimum atomic E-state index is 0.302. The average Bonchev–Trinajstić information content (AvgIpc) is 3.19. The zero-order valence-electron chi connectivity index (χ0n) is 14.3. The lowest BCUT2D eigenvalue weighted by molar-refractivity contribution is -0.117. The van der Waals surface area contributed by atoms with Gasteiger partial charge in [0.05, 0.1) is 6.20 Å². The maximum atomic E-state index is 11.0. The molecule has 1 aliphatic carbocycles. The van der Waals surface area contributed by atoms with E-state index in [1.165, 1.54) is 31.4 Å². The number of hydrogen-bond acceptors (Lipinski definition) is 4. The summed E-state index contributed by atoms with van der Waals surface area (Å²) in [5.74, 6) is 2.55. The molecule has 4 heteroatoms. The van der Waals surface area contributed by atoms with Crippen molar-refractivity contribution in [1.82, 2.24) is 9.88 Å². The minimum absolute atomic E-state index is 0.302. The SMILES string of the molecule is CC(=O)CCC[C@H]1C[C@@H]1c1cncc(OC[C@@H]2CCCN2C)c1. The summed E-state index contributed by atoms with van der Waals surface area (Å²) >= 11 is 0. The smallest absolute Gasteiger partial charge is 0.137 e. The molecule has 0 unspecified atom stereocenters. The number of rotatable bonds is 8. The van der Waals surface area contributed by atoms with Crippen LogP contribution in [0.15, 0.2) is 18.5 Å². The quantitative estimate of drug-likeness (QED) is 0.737. The number of ketones is 1. The third-order valence-electron chi connectivity index (χ3n) is 5.30. The lowest BCUT2D eigenvalue weighted by Crippen LogP contribution is -2.30. The molecule has 1 aromatic heterocycles. The van der Waals surface area contributed by atoms with E-state index in [4.69, 9.17) is 4.74 Å². The largest absolute Gasteiger partial charge is 0.490 e. The van der Waals surface area contributed by atoms with Gasteiger partial charge in [-0.2, -0.15) is 0 Å². The van der Waals surface area contributed by atoms with E-state index in [1.54, 1.807) is 6.92 Å². The number of carbonyl (C=O) groups is 1. The third kappa shape index (κ3) is 4.54. The van der Waals surface area contributed by atoms with Crippen LogP contribution in [0.3, 0.4) is 0 Å². The highest BCUT2D eigenvalue weighted by molar-refractivity contribution is 5.75. The number of aromatic nitrogens is 1. The second kappa shape index (κ2) is 7.43. The summed E-state index contributed by atoms with van der Waals surface area (Å²) in [6.07, 6.45) is 10.4. The Labute approximate surface area is 139 Å². The molecule has 23 heavy (non-hydrogen) atoms. The number of likely N-dealkylation sites (tertiary alicyclic amines) is 1. The first-order valence-corrected chi connectivity index (χ1v) is 8.91. The molecule has 0 spiro atoms. The molecule has 3 atom stereocenters. The van der Waals surface area contributed by atoms with Gasteiger partial charge in [0.1, 0.15) is 18.1 Å². The van der Waals surface area contributed by atoms with E-state index in [-0.39, 0.29) is 0 Å². The Balaban J connectivity index is 1.47. The van der Waals surface area contributed by atoms with Gasteiger partial charge in [-0.1, -0.05) is 0 Å². The summed E-state index contributed by atoms with van der Waals surface area (Å²) in [4.78, 5) is 17.8. The van der Waals surface area contributed by atoms with Crippen molar-refractivity contribution in [2.45, 2.75) is 57.4 Å². The molecule has 2 aliphatic rings. The minimum Gasteiger partial charge on any atom is -0.490 e. The summed E-state index contributed by atoms with van der Waals surface area (Å²) in [5, 5.41) is 0. The average molecular weight is 316 g/mol. The van der Waals surface area contributed by atoms with Gasteiger partial charge in [-0.05, 0) is 76.1 Å². The van der Waals surface area contributed by atoms with Crippen LogP contribution in [0.5, 0.6) is 5.75 Å². The monoisotopic (exact) mass is 316 g/mol. The fourth-order valence-electron chi connectivity index (χ4n) is 3.69. The zero-order valence-corrected chi connectivity index (χ0v) is 14.3. The van der Waals surface area contributed by atoms with Gasteiger partial charge in [0, 0.05) is 18.7 Å². The van der Waals surface area contributed by atoms with Gasteiger partial charge < -0.3 is 14.4 Å². The number of ether oxygens (including phenoxy) is 1. The van der Waals surface area contributed by atoms with Crippen molar-refractivity contribution in [2.24, 2.45) is 5.92 Å². The first kappa shape index (κ1) is 16.4. The number of nitrogens with zero attached hydrogens (tertiary/aromatic N) is 2. The van der Waals surface area contributed by atoms with E-state index in [2.05, 4.69) is 23.0 Å². The molecule has 2 fully saturated rings. The van der Waals surface area contributed by atoms with Gasteiger partial charge in [0.15, 0.2) is 0 Å². The Morgan fingerprint density at radius 2 is 2.30 bits per heavy atom. The van der Waals surface area contributed by atoms with Gasteiger partial charge in [-0.15, -0.1) is 0 Å². The molecule has 0 bridgehead atoms. The molecule has 1 saturated heterocycles. The number of Topliss-reactive ketones (excluding diaryl/α,β-unsaturated/α-hetero) is 1. The number of carbonyl (C=O) groups excluding carboxylic acids is 1. The van der Waals surface area contributed by atoms with Crippen LogP contribution in [-0.4, -0.2) is 41.9 Å². The van der Waals surface area contributed by atoms with Gasteiger partial charge in [-0.3, -0.25) is 4.98 Å². The van der Waals surface area contributed by atoms with Crippen LogP contribution < -0.4 is 4.74 Å². The highest BCUT2D eigenvalue weighted by atomic mass is 16.5. The lowest BCUT2D eigenvalue weighted by Gasteiger charge is -2.19. The predicted molar refractivity (Wildman–Crippen MR) is 90.8 cm³/mol. The summed E-state index contributed by atoms with van der Waals surface area (Å²) in [7, 11) is 2.17. The van der Waals surface area contributed by atoms with Crippen molar-refractivity contribution in [3.63, 3.8) is 0 Å². The fraction of sp³-hybridized carbons (Fsp3) is 0.684. The summed E-state index contributed by atoms with van der Waals surface area (Å²) < 4.78 is 5.98. The lowest BCUT2D eigenvalue weighted by atomic mass is 10.1. The van der Waals surface area contributed by atoms with Gasteiger partial charge in [0.2, 0.25) is 0 Å². The summed E-state index contributed by atoms with van der Waals surface area (Å²) in [6.45, 7) is 3.61. The Morgan fingerprint density at radius 3 is 3.04 bits per heavy atom. The third-order valence-corrected chi connectivity index (χ3v) is 5.30. The Bertz CT molecular complexity index is 546. The zero-order chi connectivity index (χ0) is 16.2. The van der Waals surface area contributed by atoms with E-state index in [9.17, 15) is 4.79 Å². The maximum absolute atomic E-state index is 11.0. The number of pyridine rings is 1. The van der Waals surface area contributed by atoms with E-state index < -0.39 is 0 Å². The van der Waals surface area contributed by atoms with Crippen molar-refractivity contribution in [1.29, 1.82) is 0 Å². The van der Waals surface area contributed by atoms with Gasteiger partial charge in [0.25, 0.3) is 0 Å². The Hall–Kier alpha value is -1.42. The van der Waals surface area contributed by atoms with Gasteiger partial charge in [-0.25, -0.2) is 0 Å². The Morgan fingerprint density at radius 1 is 1.43 bits per heavy atom. The van der Waals surface area contributed by atoms with Crippen LogP contribution in [0.4, 0.5) is 0 Å².